The number of halogens is 3. The van der Waals surface area contributed by atoms with E-state index in [1.165, 1.54) is 4.90 Å². The van der Waals surface area contributed by atoms with Crippen molar-refractivity contribution >= 4 is 17.8 Å². The third kappa shape index (κ3) is 5.87. The zero-order chi connectivity index (χ0) is 25.4. The fraction of sp³-hybridized carbons (Fsp3) is 0.609. The van der Waals surface area contributed by atoms with E-state index in [0.717, 1.165) is 22.4 Å². The molecule has 2 aliphatic rings. The molecule has 2 heterocycles. The van der Waals surface area contributed by atoms with Crippen molar-refractivity contribution in [3.05, 3.63) is 34.7 Å². The molecule has 4 rings (SSSR count). The predicted octanol–water partition coefficient (Wildman–Crippen LogP) is 3.57. The van der Waals surface area contributed by atoms with E-state index in [-0.39, 0.29) is 24.6 Å². The van der Waals surface area contributed by atoms with Crippen molar-refractivity contribution in [2.24, 2.45) is 0 Å². The van der Waals surface area contributed by atoms with Crippen LogP contribution in [0.2, 0.25) is 0 Å². The van der Waals surface area contributed by atoms with Crippen LogP contribution in [0.25, 0.3) is 0 Å². The summed E-state index contributed by atoms with van der Waals surface area (Å²) in [6.07, 6.45) is -4.28. The molecule has 3 N–H and O–H groups in total. The van der Waals surface area contributed by atoms with E-state index < -0.39 is 24.4 Å². The quantitative estimate of drug-likeness (QED) is 0.555. The lowest BCUT2D eigenvalue weighted by Gasteiger charge is -2.45. The second kappa shape index (κ2) is 9.65. The van der Waals surface area contributed by atoms with Crippen LogP contribution in [0.15, 0.2) is 16.5 Å². The van der Waals surface area contributed by atoms with Crippen LogP contribution in [0.1, 0.15) is 48.3 Å². The number of amides is 1. The van der Waals surface area contributed by atoms with Crippen LogP contribution in [0.4, 0.5) is 29.7 Å². The van der Waals surface area contributed by atoms with Gasteiger partial charge in [0, 0.05) is 31.2 Å². The Morgan fingerprint density at radius 2 is 2.09 bits per heavy atom. The minimum absolute atomic E-state index is 0.0593. The highest BCUT2D eigenvalue weighted by molar-refractivity contribution is 5.69. The number of hydrogen-bond acceptors (Lipinski definition) is 8. The van der Waals surface area contributed by atoms with Gasteiger partial charge in [-0.3, -0.25) is 4.90 Å². The van der Waals surface area contributed by atoms with Crippen LogP contribution in [0, 0.1) is 13.8 Å². The number of carbonyl (C=O) groups is 1. The van der Waals surface area contributed by atoms with Crippen LogP contribution in [-0.4, -0.2) is 70.4 Å². The van der Waals surface area contributed by atoms with Gasteiger partial charge in [-0.05, 0) is 62.8 Å². The largest absolute Gasteiger partial charge is 0.440 e. The van der Waals surface area contributed by atoms with E-state index in [1.807, 2.05) is 32.9 Å². The zero-order valence-electron chi connectivity index (χ0n) is 19.9. The molecule has 1 aromatic heterocycles. The molecule has 1 saturated heterocycles. The first-order valence-electron chi connectivity index (χ1n) is 11.5. The molecule has 1 saturated carbocycles. The number of ether oxygens (including phenoxy) is 1. The third-order valence-corrected chi connectivity index (χ3v) is 6.62. The van der Waals surface area contributed by atoms with Gasteiger partial charge in [-0.2, -0.15) is 13.2 Å². The number of rotatable bonds is 6. The summed E-state index contributed by atoms with van der Waals surface area (Å²) in [6.45, 7) is 5.18. The number of aliphatic hydroxyl groups excluding tert-OH is 1. The Labute approximate surface area is 201 Å². The predicted molar refractivity (Wildman–Crippen MR) is 121 cm³/mol. The number of alkyl halides is 3. The molecule has 1 aliphatic carbocycles. The van der Waals surface area contributed by atoms with E-state index in [2.05, 4.69) is 25.6 Å². The van der Waals surface area contributed by atoms with Crippen molar-refractivity contribution in [2.45, 2.75) is 63.8 Å². The SMILES string of the molecule is Cc1cc(C[C@@]2(C)CNCCN2C(=O)OCC(F)(F)F)c(C)c(Nc2nnc(C3CC(O)C3)o2)c1. The Kier molecular flexibility index (Phi) is 6.96. The van der Waals surface area contributed by atoms with Crippen molar-refractivity contribution in [1.29, 1.82) is 0 Å². The number of carbonyl (C=O) groups excluding carboxylic acids is 1. The number of benzene rings is 1. The molecule has 0 unspecified atom stereocenters. The molecular weight excluding hydrogens is 467 g/mol. The number of hydrogen-bond donors (Lipinski definition) is 3. The van der Waals surface area contributed by atoms with Gasteiger partial charge in [-0.1, -0.05) is 11.2 Å². The number of nitrogens with one attached hydrogen (secondary N) is 2. The Balaban J connectivity index is 1.51. The third-order valence-electron chi connectivity index (χ3n) is 6.62. The summed E-state index contributed by atoms with van der Waals surface area (Å²) in [7, 11) is 0. The van der Waals surface area contributed by atoms with Gasteiger partial charge < -0.3 is 24.9 Å². The van der Waals surface area contributed by atoms with Gasteiger partial charge in [0.1, 0.15) is 0 Å². The molecule has 0 spiro atoms. The molecule has 2 aromatic rings. The van der Waals surface area contributed by atoms with Crippen LogP contribution in [-0.2, 0) is 11.2 Å². The first kappa shape index (κ1) is 25.2. The fourth-order valence-electron chi connectivity index (χ4n) is 4.62. The van der Waals surface area contributed by atoms with Gasteiger partial charge in [0.25, 0.3) is 0 Å². The maximum absolute atomic E-state index is 12.6. The number of piperazine rings is 1. The van der Waals surface area contributed by atoms with Gasteiger partial charge in [0.2, 0.25) is 5.89 Å². The molecule has 9 nitrogen and oxygen atoms in total. The van der Waals surface area contributed by atoms with Crippen LogP contribution >= 0.6 is 0 Å². The molecule has 1 atom stereocenters. The van der Waals surface area contributed by atoms with Crippen LogP contribution in [0.5, 0.6) is 0 Å². The number of nitrogens with zero attached hydrogens (tertiary/aromatic N) is 3. The standard InChI is InChI=1S/C23H30F3N5O4/c1-13-6-16(10-22(3)11-27-4-5-31(22)21(33)34-12-23(24,25)26)14(2)18(7-13)28-20-30-29-19(35-20)15-8-17(32)9-15/h6-7,15,17,27,32H,4-5,8-12H2,1-3H3,(H,28,30)/t15?,17?,22-/m0/s1. The topological polar surface area (TPSA) is 113 Å². The minimum atomic E-state index is -4.58. The van der Waals surface area contributed by atoms with Crippen molar-refractivity contribution < 1.29 is 32.2 Å². The monoisotopic (exact) mass is 497 g/mol. The van der Waals surface area contributed by atoms with Crippen molar-refractivity contribution in [1.82, 2.24) is 20.4 Å². The van der Waals surface area contributed by atoms with Gasteiger partial charge in [0.15, 0.2) is 6.61 Å². The second-order valence-electron chi connectivity index (χ2n) is 9.66. The van der Waals surface area contributed by atoms with E-state index >= 15 is 0 Å². The Hall–Kier alpha value is -2.86. The Morgan fingerprint density at radius 1 is 1.34 bits per heavy atom. The Morgan fingerprint density at radius 3 is 2.77 bits per heavy atom. The number of aromatic nitrogens is 2. The summed E-state index contributed by atoms with van der Waals surface area (Å²) in [6, 6.07) is 4.17. The van der Waals surface area contributed by atoms with Gasteiger partial charge in [-0.25, -0.2) is 4.79 Å². The van der Waals surface area contributed by atoms with Crippen molar-refractivity contribution in [3.63, 3.8) is 0 Å². The molecule has 1 amide bonds. The summed E-state index contributed by atoms with van der Waals surface area (Å²) in [5.41, 5.74) is 2.73. The van der Waals surface area contributed by atoms with Gasteiger partial charge >= 0.3 is 18.3 Å². The number of anilines is 2. The molecule has 35 heavy (non-hydrogen) atoms. The molecule has 12 heteroatoms. The number of aliphatic hydroxyl groups is 1. The van der Waals surface area contributed by atoms with E-state index in [1.54, 1.807) is 0 Å². The van der Waals surface area contributed by atoms with Gasteiger partial charge in [-0.15, -0.1) is 5.10 Å². The van der Waals surface area contributed by atoms with Crippen LogP contribution < -0.4 is 10.6 Å². The van der Waals surface area contributed by atoms with Crippen molar-refractivity contribution in [3.8, 4) is 0 Å². The summed E-state index contributed by atoms with van der Waals surface area (Å²) in [5, 5.41) is 24.0. The molecule has 1 aromatic carbocycles. The van der Waals surface area contributed by atoms with Gasteiger partial charge in [0.05, 0.1) is 11.6 Å². The summed E-state index contributed by atoms with van der Waals surface area (Å²) >= 11 is 0. The van der Waals surface area contributed by atoms with E-state index in [0.29, 0.717) is 38.2 Å². The second-order valence-corrected chi connectivity index (χ2v) is 9.66. The molecule has 0 radical (unpaired) electrons. The maximum Gasteiger partial charge on any atom is 0.422 e. The normalized spacial score (nSPS) is 24.7. The molecule has 0 bridgehead atoms. The summed E-state index contributed by atoms with van der Waals surface area (Å²) < 4.78 is 48.0. The average Bonchev–Trinajstić information content (AvgIpc) is 3.20. The Bertz CT molecular complexity index is 1070. The average molecular weight is 498 g/mol. The minimum Gasteiger partial charge on any atom is -0.440 e. The fourth-order valence-corrected chi connectivity index (χ4v) is 4.62. The highest BCUT2D eigenvalue weighted by Gasteiger charge is 2.40. The lowest BCUT2D eigenvalue weighted by Crippen LogP contribution is -2.62. The highest BCUT2D eigenvalue weighted by atomic mass is 19.4. The number of aryl methyl sites for hydroxylation is 1. The van der Waals surface area contributed by atoms with Crippen LogP contribution in [0.3, 0.4) is 0 Å². The first-order valence-corrected chi connectivity index (χ1v) is 11.5. The lowest BCUT2D eigenvalue weighted by molar-refractivity contribution is -0.164. The maximum atomic E-state index is 12.6. The zero-order valence-corrected chi connectivity index (χ0v) is 19.9. The summed E-state index contributed by atoms with van der Waals surface area (Å²) in [4.78, 5) is 13.9. The smallest absolute Gasteiger partial charge is 0.422 e. The molecular formula is C23H30F3N5O4. The van der Waals surface area contributed by atoms with E-state index in [9.17, 15) is 23.1 Å². The van der Waals surface area contributed by atoms with E-state index in [4.69, 9.17) is 4.42 Å². The lowest BCUT2D eigenvalue weighted by atomic mass is 9.82. The summed E-state index contributed by atoms with van der Waals surface area (Å²) in [5.74, 6) is 0.543. The molecule has 192 valence electrons. The molecule has 2 fully saturated rings. The molecule has 1 aliphatic heterocycles. The first-order chi connectivity index (χ1) is 16.4. The highest BCUT2D eigenvalue weighted by Crippen LogP contribution is 2.37. The van der Waals surface area contributed by atoms with Crippen molar-refractivity contribution in [2.75, 3.05) is 31.6 Å².